The minimum absolute atomic E-state index is 0.0458. The maximum absolute atomic E-state index is 12.8. The Labute approximate surface area is 140 Å². The smallest absolute Gasteiger partial charge is 0.271 e. The summed E-state index contributed by atoms with van der Waals surface area (Å²) >= 11 is 1.39. The molecule has 0 saturated heterocycles. The standard InChI is InChI=1S/C17H14N4O2S/c22-17-15-14(11-5-3-7-18-16(11)24-15)19-9-21(17)8-12-10-4-1-2-6-13(10)23-20-12/h3,5,7,9H,1-2,4,6,8H2. The monoisotopic (exact) mass is 338 g/mol. The van der Waals surface area contributed by atoms with Crippen LogP contribution < -0.4 is 5.56 Å². The summed E-state index contributed by atoms with van der Waals surface area (Å²) in [4.78, 5) is 22.5. The van der Waals surface area contributed by atoms with Crippen molar-refractivity contribution < 1.29 is 4.52 Å². The lowest BCUT2D eigenvalue weighted by Crippen LogP contribution is -2.21. The third-order valence-corrected chi connectivity index (χ3v) is 5.66. The number of fused-ring (bicyclic) bond motifs is 4. The lowest BCUT2D eigenvalue weighted by atomic mass is 9.96. The Bertz CT molecular complexity index is 1120. The van der Waals surface area contributed by atoms with Crippen LogP contribution in [0.3, 0.4) is 0 Å². The minimum Gasteiger partial charge on any atom is -0.361 e. The predicted octanol–water partition coefficient (Wildman–Crippen LogP) is 2.92. The van der Waals surface area contributed by atoms with Crippen LogP contribution in [-0.2, 0) is 19.4 Å². The summed E-state index contributed by atoms with van der Waals surface area (Å²) in [5.41, 5.74) is 2.71. The molecule has 0 radical (unpaired) electrons. The average Bonchev–Trinajstić information content (AvgIpc) is 3.19. The molecule has 0 bridgehead atoms. The number of rotatable bonds is 2. The second-order valence-corrected chi connectivity index (χ2v) is 7.05. The van der Waals surface area contributed by atoms with Gasteiger partial charge in [0, 0.05) is 23.6 Å². The Morgan fingerprint density at radius 3 is 3.12 bits per heavy atom. The Balaban J connectivity index is 1.63. The Morgan fingerprint density at radius 1 is 1.25 bits per heavy atom. The molecular formula is C17H14N4O2S. The molecule has 0 fully saturated rings. The molecule has 7 heteroatoms. The van der Waals surface area contributed by atoms with Gasteiger partial charge in [0.25, 0.3) is 5.56 Å². The largest absolute Gasteiger partial charge is 0.361 e. The molecule has 0 unspecified atom stereocenters. The van der Waals surface area contributed by atoms with Crippen LogP contribution in [0.25, 0.3) is 20.4 Å². The molecule has 0 atom stereocenters. The highest BCUT2D eigenvalue weighted by Crippen LogP contribution is 2.28. The molecule has 0 aliphatic heterocycles. The Kier molecular flexibility index (Phi) is 3.02. The van der Waals surface area contributed by atoms with Crippen LogP contribution in [0.2, 0.25) is 0 Å². The van der Waals surface area contributed by atoms with Crippen LogP contribution in [0.15, 0.2) is 34.0 Å². The van der Waals surface area contributed by atoms with Crippen LogP contribution in [0.1, 0.15) is 29.9 Å². The first kappa shape index (κ1) is 13.9. The van der Waals surface area contributed by atoms with Gasteiger partial charge in [0.15, 0.2) is 0 Å². The van der Waals surface area contributed by atoms with Crippen molar-refractivity contribution in [3.8, 4) is 0 Å². The van der Waals surface area contributed by atoms with Gasteiger partial charge in [0.05, 0.1) is 18.4 Å². The molecule has 4 aromatic heterocycles. The first-order valence-corrected chi connectivity index (χ1v) is 8.82. The molecule has 24 heavy (non-hydrogen) atoms. The van der Waals surface area contributed by atoms with E-state index >= 15 is 0 Å². The number of aromatic nitrogens is 4. The van der Waals surface area contributed by atoms with E-state index < -0.39 is 0 Å². The number of nitrogens with zero attached hydrogens (tertiary/aromatic N) is 4. The SMILES string of the molecule is O=c1c2sc3ncccc3c2ncn1Cc1noc2c1CCCC2. The molecule has 5 rings (SSSR count). The van der Waals surface area contributed by atoms with Gasteiger partial charge in [-0.1, -0.05) is 5.16 Å². The zero-order chi connectivity index (χ0) is 16.1. The summed E-state index contributed by atoms with van der Waals surface area (Å²) in [5, 5.41) is 5.12. The second kappa shape index (κ2) is 5.24. The van der Waals surface area contributed by atoms with Gasteiger partial charge in [-0.15, -0.1) is 11.3 Å². The fourth-order valence-electron chi connectivity index (χ4n) is 3.35. The summed E-state index contributed by atoms with van der Waals surface area (Å²) < 4.78 is 7.70. The maximum Gasteiger partial charge on any atom is 0.271 e. The molecule has 0 amide bonds. The average molecular weight is 338 g/mol. The molecular weight excluding hydrogens is 324 g/mol. The van der Waals surface area contributed by atoms with E-state index in [2.05, 4.69) is 15.1 Å². The van der Waals surface area contributed by atoms with Gasteiger partial charge in [0.2, 0.25) is 0 Å². The summed E-state index contributed by atoms with van der Waals surface area (Å²) in [6, 6.07) is 3.81. The molecule has 0 N–H and O–H groups in total. The van der Waals surface area contributed by atoms with Crippen molar-refractivity contribution >= 4 is 31.8 Å². The summed E-state index contributed by atoms with van der Waals surface area (Å²) in [6.07, 6.45) is 7.55. The van der Waals surface area contributed by atoms with Crippen molar-refractivity contribution in [2.45, 2.75) is 32.2 Å². The van der Waals surface area contributed by atoms with E-state index in [1.807, 2.05) is 12.1 Å². The van der Waals surface area contributed by atoms with Crippen LogP contribution >= 0.6 is 11.3 Å². The predicted molar refractivity (Wildman–Crippen MR) is 91.4 cm³/mol. The van der Waals surface area contributed by atoms with E-state index in [4.69, 9.17) is 4.52 Å². The topological polar surface area (TPSA) is 73.8 Å². The van der Waals surface area contributed by atoms with E-state index in [-0.39, 0.29) is 5.56 Å². The number of hydrogen-bond donors (Lipinski definition) is 0. The molecule has 120 valence electrons. The van der Waals surface area contributed by atoms with Crippen molar-refractivity contribution in [2.75, 3.05) is 0 Å². The van der Waals surface area contributed by atoms with Crippen molar-refractivity contribution in [3.05, 3.63) is 52.0 Å². The van der Waals surface area contributed by atoms with Gasteiger partial charge in [-0.2, -0.15) is 0 Å². The first-order chi connectivity index (χ1) is 11.8. The fraction of sp³-hybridized carbons (Fsp3) is 0.294. The lowest BCUT2D eigenvalue weighted by molar-refractivity contribution is 0.367. The van der Waals surface area contributed by atoms with Crippen LogP contribution in [0.5, 0.6) is 0 Å². The number of pyridine rings is 1. The molecule has 4 heterocycles. The molecule has 6 nitrogen and oxygen atoms in total. The second-order valence-electron chi connectivity index (χ2n) is 6.05. The van der Waals surface area contributed by atoms with E-state index in [1.54, 1.807) is 17.1 Å². The molecule has 1 aliphatic rings. The third kappa shape index (κ3) is 2.01. The zero-order valence-electron chi connectivity index (χ0n) is 12.9. The van der Waals surface area contributed by atoms with Gasteiger partial charge in [-0.05, 0) is 31.4 Å². The van der Waals surface area contributed by atoms with Crippen molar-refractivity contribution in [3.63, 3.8) is 0 Å². The van der Waals surface area contributed by atoms with Crippen molar-refractivity contribution in [1.82, 2.24) is 19.7 Å². The lowest BCUT2D eigenvalue weighted by Gasteiger charge is -2.09. The molecule has 0 spiro atoms. The highest BCUT2D eigenvalue weighted by molar-refractivity contribution is 7.25. The van der Waals surface area contributed by atoms with Gasteiger partial charge in [0.1, 0.15) is 21.0 Å². The van der Waals surface area contributed by atoms with Crippen molar-refractivity contribution in [2.24, 2.45) is 0 Å². The number of hydrogen-bond acceptors (Lipinski definition) is 6. The maximum atomic E-state index is 12.8. The molecule has 4 aromatic rings. The van der Waals surface area contributed by atoms with Gasteiger partial charge in [-0.25, -0.2) is 9.97 Å². The molecule has 0 aromatic carbocycles. The highest BCUT2D eigenvalue weighted by atomic mass is 32.1. The van der Waals surface area contributed by atoms with Gasteiger partial charge in [-0.3, -0.25) is 9.36 Å². The zero-order valence-corrected chi connectivity index (χ0v) is 13.7. The Morgan fingerprint density at radius 2 is 2.17 bits per heavy atom. The highest BCUT2D eigenvalue weighted by Gasteiger charge is 2.20. The molecule has 0 saturated carbocycles. The van der Waals surface area contributed by atoms with Gasteiger partial charge >= 0.3 is 0 Å². The van der Waals surface area contributed by atoms with Gasteiger partial charge < -0.3 is 4.52 Å². The van der Waals surface area contributed by atoms with Crippen molar-refractivity contribution in [1.29, 1.82) is 0 Å². The summed E-state index contributed by atoms with van der Waals surface area (Å²) in [6.45, 7) is 0.405. The Hall–Kier alpha value is -2.54. The first-order valence-electron chi connectivity index (χ1n) is 8.00. The number of thiophene rings is 1. The summed E-state index contributed by atoms with van der Waals surface area (Å²) in [7, 11) is 0. The van der Waals surface area contributed by atoms with Crippen LogP contribution in [0, 0.1) is 0 Å². The quantitative estimate of drug-likeness (QED) is 0.562. The summed E-state index contributed by atoms with van der Waals surface area (Å²) in [5.74, 6) is 0.976. The fourth-order valence-corrected chi connectivity index (χ4v) is 4.40. The number of aryl methyl sites for hydroxylation is 1. The van der Waals surface area contributed by atoms with Crippen LogP contribution in [-0.4, -0.2) is 19.7 Å². The van der Waals surface area contributed by atoms with E-state index in [1.165, 1.54) is 16.9 Å². The minimum atomic E-state index is -0.0458. The van der Waals surface area contributed by atoms with E-state index in [0.29, 0.717) is 11.2 Å². The molecule has 1 aliphatic carbocycles. The van der Waals surface area contributed by atoms with E-state index in [0.717, 1.165) is 52.9 Å². The van der Waals surface area contributed by atoms with Crippen LogP contribution in [0.4, 0.5) is 0 Å². The van der Waals surface area contributed by atoms with E-state index in [9.17, 15) is 4.79 Å². The third-order valence-electron chi connectivity index (χ3n) is 4.57. The normalized spacial score (nSPS) is 14.3.